The van der Waals surface area contributed by atoms with Crippen LogP contribution in [0.1, 0.15) is 36.3 Å². The first-order valence-corrected chi connectivity index (χ1v) is 8.54. The zero-order valence-electron chi connectivity index (χ0n) is 13.0. The van der Waals surface area contributed by atoms with Crippen molar-refractivity contribution in [3.05, 3.63) is 40.3 Å². The molecule has 3 rings (SSSR count). The largest absolute Gasteiger partial charge is 0.491 e. The van der Waals surface area contributed by atoms with Gasteiger partial charge >= 0.3 is 0 Å². The van der Waals surface area contributed by atoms with Gasteiger partial charge in [-0.15, -0.1) is 11.3 Å². The van der Waals surface area contributed by atoms with Crippen molar-refractivity contribution < 1.29 is 9.47 Å². The van der Waals surface area contributed by atoms with Gasteiger partial charge in [0.2, 0.25) is 0 Å². The number of hydrogen-bond donors (Lipinski definition) is 0. The van der Waals surface area contributed by atoms with E-state index < -0.39 is 0 Å². The quantitative estimate of drug-likeness (QED) is 0.757. The van der Waals surface area contributed by atoms with Crippen LogP contribution in [0.25, 0.3) is 11.6 Å². The summed E-state index contributed by atoms with van der Waals surface area (Å²) in [4.78, 5) is 5.37. The van der Waals surface area contributed by atoms with Gasteiger partial charge < -0.3 is 9.47 Å². The maximum absolute atomic E-state index is 9.45. The number of aromatic nitrogens is 1. The van der Waals surface area contributed by atoms with Crippen molar-refractivity contribution >= 4 is 23.0 Å². The summed E-state index contributed by atoms with van der Waals surface area (Å²) in [5.41, 5.74) is 1.13. The van der Waals surface area contributed by atoms with Crippen molar-refractivity contribution in [3.63, 3.8) is 0 Å². The first kappa shape index (κ1) is 15.6. The van der Waals surface area contributed by atoms with Crippen LogP contribution in [0.5, 0.6) is 11.5 Å². The van der Waals surface area contributed by atoms with Crippen LogP contribution in [0.4, 0.5) is 0 Å². The Labute approximate surface area is 140 Å². The molecule has 1 aliphatic rings. The molecule has 5 heteroatoms. The smallest absolute Gasteiger partial charge is 0.179 e. The summed E-state index contributed by atoms with van der Waals surface area (Å²) in [5.74, 6) is 1.27. The van der Waals surface area contributed by atoms with Gasteiger partial charge in [0, 0.05) is 10.9 Å². The molecular formula is C18H18N2O2S. The minimum absolute atomic E-state index is 0.228. The van der Waals surface area contributed by atoms with Gasteiger partial charge in [-0.3, -0.25) is 4.98 Å². The van der Waals surface area contributed by atoms with Crippen LogP contribution in [0.3, 0.4) is 0 Å². The predicted octanol–water partition coefficient (Wildman–Crippen LogP) is 4.54. The highest BCUT2D eigenvalue weighted by Crippen LogP contribution is 2.33. The predicted molar refractivity (Wildman–Crippen MR) is 91.5 cm³/mol. The molecule has 0 saturated heterocycles. The molecule has 4 nitrogen and oxygen atoms in total. The molecule has 2 aromatic rings. The van der Waals surface area contributed by atoms with Gasteiger partial charge in [-0.1, -0.05) is 6.07 Å². The van der Waals surface area contributed by atoms with Crippen LogP contribution < -0.4 is 9.47 Å². The number of hydrogen-bond acceptors (Lipinski definition) is 5. The summed E-state index contributed by atoms with van der Waals surface area (Å²) in [6.07, 6.45) is 8.23. The molecule has 2 aromatic heterocycles. The SMILES string of the molecule is COc1cnc(C(C#N)=Cc2cccs2)cc1OC1CCCC1. The van der Waals surface area contributed by atoms with Gasteiger partial charge in [0.25, 0.3) is 0 Å². The van der Waals surface area contributed by atoms with Gasteiger partial charge in [0.1, 0.15) is 6.07 Å². The number of allylic oxidation sites excluding steroid dienone is 1. The molecule has 0 aromatic carbocycles. The Morgan fingerprint density at radius 1 is 1.39 bits per heavy atom. The maximum atomic E-state index is 9.45. The van der Waals surface area contributed by atoms with Crippen LogP contribution in [0.15, 0.2) is 29.8 Å². The monoisotopic (exact) mass is 326 g/mol. The summed E-state index contributed by atoms with van der Waals surface area (Å²) < 4.78 is 11.4. The number of thiophene rings is 1. The third-order valence-electron chi connectivity index (χ3n) is 3.87. The molecule has 118 valence electrons. The fraction of sp³-hybridized carbons (Fsp3) is 0.333. The molecule has 1 aliphatic carbocycles. The third kappa shape index (κ3) is 3.72. The zero-order chi connectivity index (χ0) is 16.1. The Kier molecular flexibility index (Phi) is 4.94. The average Bonchev–Trinajstić information content (AvgIpc) is 3.26. The van der Waals surface area contributed by atoms with Crippen molar-refractivity contribution in [2.75, 3.05) is 7.11 Å². The van der Waals surface area contributed by atoms with E-state index in [0.717, 1.165) is 17.7 Å². The van der Waals surface area contributed by atoms with Crippen molar-refractivity contribution in [2.24, 2.45) is 0 Å². The van der Waals surface area contributed by atoms with Gasteiger partial charge in [-0.2, -0.15) is 5.26 Å². The third-order valence-corrected chi connectivity index (χ3v) is 4.69. The minimum Gasteiger partial charge on any atom is -0.491 e. The van der Waals surface area contributed by atoms with Crippen LogP contribution in [0.2, 0.25) is 0 Å². The van der Waals surface area contributed by atoms with E-state index in [1.165, 1.54) is 12.8 Å². The van der Waals surface area contributed by atoms with Gasteiger partial charge in [0.05, 0.1) is 30.7 Å². The molecule has 23 heavy (non-hydrogen) atoms. The van der Waals surface area contributed by atoms with E-state index in [1.54, 1.807) is 30.7 Å². The van der Waals surface area contributed by atoms with E-state index in [0.29, 0.717) is 22.8 Å². The van der Waals surface area contributed by atoms with Crippen molar-refractivity contribution in [1.82, 2.24) is 4.98 Å². The van der Waals surface area contributed by atoms with Gasteiger partial charge in [0.15, 0.2) is 11.5 Å². The first-order chi connectivity index (χ1) is 11.3. The fourth-order valence-corrected chi connectivity index (χ4v) is 3.34. The second-order valence-corrected chi connectivity index (χ2v) is 6.41. The minimum atomic E-state index is 0.228. The van der Waals surface area contributed by atoms with Crippen LogP contribution in [-0.4, -0.2) is 18.2 Å². The van der Waals surface area contributed by atoms with E-state index in [9.17, 15) is 5.26 Å². The molecule has 0 atom stereocenters. The van der Waals surface area contributed by atoms with E-state index in [2.05, 4.69) is 11.1 Å². The Morgan fingerprint density at radius 2 is 2.22 bits per heavy atom. The highest BCUT2D eigenvalue weighted by atomic mass is 32.1. The standard InChI is InChI=1S/C18H18N2O2S/c1-21-18-12-20-16(10-17(18)22-14-5-2-3-6-14)13(11-19)9-15-7-4-8-23-15/h4,7-10,12,14H,2-3,5-6H2,1H3. The summed E-state index contributed by atoms with van der Waals surface area (Å²) >= 11 is 1.59. The van der Waals surface area contributed by atoms with Crippen LogP contribution in [-0.2, 0) is 0 Å². The molecule has 0 bridgehead atoms. The molecule has 2 heterocycles. The number of pyridine rings is 1. The Balaban J connectivity index is 1.91. The fourth-order valence-electron chi connectivity index (χ4n) is 2.68. The summed E-state index contributed by atoms with van der Waals surface area (Å²) in [5, 5.41) is 11.4. The number of methoxy groups -OCH3 is 1. The van der Waals surface area contributed by atoms with Crippen molar-refractivity contribution in [1.29, 1.82) is 5.26 Å². The van der Waals surface area contributed by atoms with E-state index >= 15 is 0 Å². The highest BCUT2D eigenvalue weighted by molar-refractivity contribution is 7.10. The van der Waals surface area contributed by atoms with E-state index in [4.69, 9.17) is 9.47 Å². The van der Waals surface area contributed by atoms with Gasteiger partial charge in [-0.05, 0) is 43.2 Å². The van der Waals surface area contributed by atoms with E-state index in [1.807, 2.05) is 23.6 Å². The Bertz CT molecular complexity index is 726. The van der Waals surface area contributed by atoms with Gasteiger partial charge in [-0.25, -0.2) is 0 Å². The maximum Gasteiger partial charge on any atom is 0.179 e. The Morgan fingerprint density at radius 3 is 2.87 bits per heavy atom. The lowest BCUT2D eigenvalue weighted by Gasteiger charge is -2.16. The molecule has 0 radical (unpaired) electrons. The second kappa shape index (κ2) is 7.30. The van der Waals surface area contributed by atoms with Crippen LogP contribution >= 0.6 is 11.3 Å². The van der Waals surface area contributed by atoms with Crippen molar-refractivity contribution in [3.8, 4) is 17.6 Å². The molecule has 1 fully saturated rings. The lowest BCUT2D eigenvalue weighted by molar-refractivity contribution is 0.200. The Hall–Kier alpha value is -2.32. The summed E-state index contributed by atoms with van der Waals surface area (Å²) in [6.45, 7) is 0. The molecular weight excluding hydrogens is 308 g/mol. The zero-order valence-corrected chi connectivity index (χ0v) is 13.8. The normalized spacial score (nSPS) is 15.4. The van der Waals surface area contributed by atoms with Crippen LogP contribution in [0, 0.1) is 11.3 Å². The molecule has 0 N–H and O–H groups in total. The molecule has 0 spiro atoms. The lowest BCUT2D eigenvalue weighted by Crippen LogP contribution is -2.12. The topological polar surface area (TPSA) is 55.1 Å². The van der Waals surface area contributed by atoms with Crippen molar-refractivity contribution in [2.45, 2.75) is 31.8 Å². The summed E-state index contributed by atoms with van der Waals surface area (Å²) in [7, 11) is 1.60. The molecule has 1 saturated carbocycles. The summed E-state index contributed by atoms with van der Waals surface area (Å²) in [6, 6.07) is 7.96. The molecule has 0 unspecified atom stereocenters. The highest BCUT2D eigenvalue weighted by Gasteiger charge is 2.19. The number of ether oxygens (including phenoxy) is 2. The second-order valence-electron chi connectivity index (χ2n) is 5.43. The molecule has 0 amide bonds. The first-order valence-electron chi connectivity index (χ1n) is 7.66. The molecule has 0 aliphatic heterocycles. The number of rotatable bonds is 5. The number of nitrogens with zero attached hydrogens (tertiary/aromatic N) is 2. The number of nitriles is 1. The lowest BCUT2D eigenvalue weighted by atomic mass is 10.1. The van der Waals surface area contributed by atoms with E-state index in [-0.39, 0.29) is 6.10 Å². The average molecular weight is 326 g/mol.